The number of hydrogen-bond donors (Lipinski definition) is 2. The highest BCUT2D eigenvalue weighted by atomic mass is 32.1. The minimum atomic E-state index is -0.221. The maximum atomic E-state index is 12.7. The molecule has 23 heavy (non-hydrogen) atoms. The minimum absolute atomic E-state index is 0.0984. The number of carbonyl (C=O) groups excluding carboxylic acids is 2. The molecule has 3 rings (SSSR count). The zero-order valence-electron chi connectivity index (χ0n) is 13.7. The minimum Gasteiger partial charge on any atom is -0.348 e. The van der Waals surface area contributed by atoms with Gasteiger partial charge in [-0.05, 0) is 37.1 Å². The number of piperidine rings is 1. The number of rotatable bonds is 5. The van der Waals surface area contributed by atoms with Crippen molar-refractivity contribution < 1.29 is 9.59 Å². The van der Waals surface area contributed by atoms with E-state index in [1.165, 1.54) is 19.8 Å². The first kappa shape index (κ1) is 16.5. The largest absolute Gasteiger partial charge is 0.348 e. The number of nitrogens with one attached hydrogen (secondary N) is 2. The van der Waals surface area contributed by atoms with E-state index in [-0.39, 0.29) is 17.9 Å². The molecule has 1 aromatic rings. The number of carbonyl (C=O) groups is 2. The number of nitrogens with zero attached hydrogens (tertiary/aromatic N) is 1. The van der Waals surface area contributed by atoms with Crippen molar-refractivity contribution >= 4 is 23.2 Å². The second-order valence-electron chi connectivity index (χ2n) is 6.74. The lowest BCUT2D eigenvalue weighted by molar-refractivity contribution is -0.133. The van der Waals surface area contributed by atoms with Crippen LogP contribution in [0.5, 0.6) is 0 Å². The Kier molecular flexibility index (Phi) is 5.02. The van der Waals surface area contributed by atoms with Gasteiger partial charge in [0.1, 0.15) is 0 Å². The predicted molar refractivity (Wildman–Crippen MR) is 91.2 cm³/mol. The summed E-state index contributed by atoms with van der Waals surface area (Å²) in [4.78, 5) is 27.1. The molecule has 3 atom stereocenters. The molecule has 2 amide bonds. The second kappa shape index (κ2) is 7.01. The highest BCUT2D eigenvalue weighted by molar-refractivity contribution is 7.10. The van der Waals surface area contributed by atoms with Crippen molar-refractivity contribution in [2.75, 3.05) is 7.05 Å². The van der Waals surface area contributed by atoms with Gasteiger partial charge in [0.15, 0.2) is 0 Å². The Bertz CT molecular complexity index is 548. The zero-order valence-corrected chi connectivity index (χ0v) is 14.6. The Morgan fingerprint density at radius 3 is 2.65 bits per heavy atom. The average Bonchev–Trinajstić information content (AvgIpc) is 3.15. The SMILES string of the molecule is CC(=O)NC(CC(=O)N(C)C1CC2CCC(C1)N2)c1cccs1. The fourth-order valence-electron chi connectivity index (χ4n) is 3.82. The molecule has 6 heteroatoms. The molecule has 2 fully saturated rings. The molecule has 0 aliphatic carbocycles. The topological polar surface area (TPSA) is 61.4 Å². The summed E-state index contributed by atoms with van der Waals surface area (Å²) in [5.41, 5.74) is 0. The smallest absolute Gasteiger partial charge is 0.225 e. The molecular formula is C17H25N3O2S. The van der Waals surface area contributed by atoms with Gasteiger partial charge in [-0.3, -0.25) is 9.59 Å². The van der Waals surface area contributed by atoms with Gasteiger partial charge in [-0.2, -0.15) is 0 Å². The lowest BCUT2D eigenvalue weighted by Crippen LogP contribution is -2.49. The third-order valence-corrected chi connectivity index (χ3v) is 6.02. The van der Waals surface area contributed by atoms with E-state index >= 15 is 0 Å². The Hall–Kier alpha value is -1.40. The van der Waals surface area contributed by atoms with E-state index < -0.39 is 0 Å². The van der Waals surface area contributed by atoms with Crippen molar-refractivity contribution in [1.82, 2.24) is 15.5 Å². The van der Waals surface area contributed by atoms with E-state index in [9.17, 15) is 9.59 Å². The van der Waals surface area contributed by atoms with Gasteiger partial charge in [0.25, 0.3) is 0 Å². The van der Waals surface area contributed by atoms with Crippen molar-refractivity contribution in [3.63, 3.8) is 0 Å². The monoisotopic (exact) mass is 335 g/mol. The van der Waals surface area contributed by atoms with Crippen LogP contribution < -0.4 is 10.6 Å². The highest BCUT2D eigenvalue weighted by Crippen LogP contribution is 2.30. The van der Waals surface area contributed by atoms with Crippen LogP contribution in [0.25, 0.3) is 0 Å². The maximum Gasteiger partial charge on any atom is 0.225 e. The molecule has 2 aliphatic heterocycles. The molecule has 0 radical (unpaired) electrons. The maximum absolute atomic E-state index is 12.7. The first-order valence-electron chi connectivity index (χ1n) is 8.35. The highest BCUT2D eigenvalue weighted by Gasteiger charge is 2.36. The van der Waals surface area contributed by atoms with Gasteiger partial charge in [0.05, 0.1) is 12.5 Å². The van der Waals surface area contributed by atoms with Crippen LogP contribution in [0.15, 0.2) is 17.5 Å². The van der Waals surface area contributed by atoms with E-state index in [4.69, 9.17) is 0 Å². The summed E-state index contributed by atoms with van der Waals surface area (Å²) in [6.07, 6.45) is 4.88. The summed E-state index contributed by atoms with van der Waals surface area (Å²) in [7, 11) is 1.91. The summed E-state index contributed by atoms with van der Waals surface area (Å²) in [6, 6.07) is 5.16. The van der Waals surface area contributed by atoms with Crippen molar-refractivity contribution in [2.45, 2.75) is 63.2 Å². The molecule has 2 saturated heterocycles. The van der Waals surface area contributed by atoms with Crippen LogP contribution in [0.2, 0.25) is 0 Å². The Morgan fingerprint density at radius 2 is 2.09 bits per heavy atom. The van der Waals surface area contributed by atoms with Crippen LogP contribution in [0, 0.1) is 0 Å². The molecule has 2 aliphatic rings. The van der Waals surface area contributed by atoms with Crippen LogP contribution in [0.3, 0.4) is 0 Å². The lowest BCUT2D eigenvalue weighted by Gasteiger charge is -2.36. The Balaban J connectivity index is 1.62. The number of hydrogen-bond acceptors (Lipinski definition) is 4. The van der Waals surface area contributed by atoms with Gasteiger partial charge < -0.3 is 15.5 Å². The lowest BCUT2D eigenvalue weighted by atomic mass is 9.98. The third-order valence-electron chi connectivity index (χ3n) is 5.03. The molecule has 5 nitrogen and oxygen atoms in total. The van der Waals surface area contributed by atoms with E-state index in [0.29, 0.717) is 24.5 Å². The first-order chi connectivity index (χ1) is 11.0. The molecule has 0 aromatic carbocycles. The third kappa shape index (κ3) is 3.93. The van der Waals surface area contributed by atoms with E-state index in [1.54, 1.807) is 11.3 Å². The second-order valence-corrected chi connectivity index (χ2v) is 7.72. The molecule has 3 heterocycles. The summed E-state index contributed by atoms with van der Waals surface area (Å²) < 4.78 is 0. The van der Waals surface area contributed by atoms with Gasteiger partial charge in [-0.15, -0.1) is 11.3 Å². The number of fused-ring (bicyclic) bond motifs is 2. The molecule has 3 unspecified atom stereocenters. The van der Waals surface area contributed by atoms with Gasteiger partial charge in [-0.25, -0.2) is 0 Å². The van der Waals surface area contributed by atoms with Gasteiger partial charge >= 0.3 is 0 Å². The van der Waals surface area contributed by atoms with Gasteiger partial charge in [0, 0.05) is 37.0 Å². The zero-order chi connectivity index (χ0) is 16.4. The fourth-order valence-corrected chi connectivity index (χ4v) is 4.60. The van der Waals surface area contributed by atoms with Crippen LogP contribution in [-0.4, -0.2) is 41.9 Å². The van der Waals surface area contributed by atoms with Crippen molar-refractivity contribution in [3.8, 4) is 0 Å². The molecule has 2 N–H and O–H groups in total. The summed E-state index contributed by atoms with van der Waals surface area (Å²) in [5.74, 6) is 0.0159. The molecular weight excluding hydrogens is 310 g/mol. The van der Waals surface area contributed by atoms with Gasteiger partial charge in [0.2, 0.25) is 11.8 Å². The van der Waals surface area contributed by atoms with Crippen molar-refractivity contribution in [3.05, 3.63) is 22.4 Å². The summed E-state index contributed by atoms with van der Waals surface area (Å²) in [6.45, 7) is 1.50. The first-order valence-corrected chi connectivity index (χ1v) is 9.23. The van der Waals surface area contributed by atoms with Crippen LogP contribution in [-0.2, 0) is 9.59 Å². The van der Waals surface area contributed by atoms with E-state index in [0.717, 1.165) is 17.7 Å². The quantitative estimate of drug-likeness (QED) is 0.866. The summed E-state index contributed by atoms with van der Waals surface area (Å²) >= 11 is 1.58. The Labute approximate surface area is 141 Å². The van der Waals surface area contributed by atoms with Crippen LogP contribution >= 0.6 is 11.3 Å². The molecule has 0 saturated carbocycles. The fraction of sp³-hybridized carbons (Fsp3) is 0.647. The van der Waals surface area contributed by atoms with E-state index in [2.05, 4.69) is 10.6 Å². The standard InChI is InChI=1S/C17H25N3O2S/c1-11(21)18-15(16-4-3-7-23-16)10-17(22)20(2)14-8-12-5-6-13(9-14)19-12/h3-4,7,12-15,19H,5-6,8-10H2,1-2H3,(H,18,21). The number of thiophene rings is 1. The molecule has 1 aromatic heterocycles. The van der Waals surface area contributed by atoms with Crippen LogP contribution in [0.4, 0.5) is 0 Å². The summed E-state index contributed by atoms with van der Waals surface area (Å²) in [5, 5.41) is 8.50. The van der Waals surface area contributed by atoms with Crippen molar-refractivity contribution in [1.29, 1.82) is 0 Å². The normalized spacial score (nSPS) is 27.5. The van der Waals surface area contributed by atoms with Crippen molar-refractivity contribution in [2.24, 2.45) is 0 Å². The Morgan fingerprint density at radius 1 is 1.39 bits per heavy atom. The number of amides is 2. The van der Waals surface area contributed by atoms with Gasteiger partial charge in [-0.1, -0.05) is 6.07 Å². The molecule has 126 valence electrons. The molecule has 0 spiro atoms. The molecule has 2 bridgehead atoms. The van der Waals surface area contributed by atoms with E-state index in [1.807, 2.05) is 29.5 Å². The predicted octanol–water partition coefficient (Wildman–Crippen LogP) is 2.06. The van der Waals surface area contributed by atoms with Crippen LogP contribution in [0.1, 0.15) is 49.9 Å². The average molecular weight is 335 g/mol.